The zero-order valence-electron chi connectivity index (χ0n) is 11.3. The maximum absolute atomic E-state index is 12.4. The van der Waals surface area contributed by atoms with Crippen molar-refractivity contribution in [2.75, 3.05) is 13.2 Å². The number of aromatic nitrogens is 1. The fourth-order valence-corrected chi connectivity index (χ4v) is 2.30. The molecule has 0 bridgehead atoms. The van der Waals surface area contributed by atoms with Crippen LogP contribution < -0.4 is 0 Å². The molecule has 0 aromatic carbocycles. The Kier molecular flexibility index (Phi) is 4.14. The van der Waals surface area contributed by atoms with E-state index in [0.717, 1.165) is 12.1 Å². The third kappa shape index (κ3) is 2.92. The number of nitrogens with zero attached hydrogens (tertiary/aromatic N) is 2. The van der Waals surface area contributed by atoms with E-state index < -0.39 is 6.04 Å². The third-order valence-corrected chi connectivity index (χ3v) is 3.18. The summed E-state index contributed by atoms with van der Waals surface area (Å²) in [7, 11) is 0. The van der Waals surface area contributed by atoms with Crippen LogP contribution in [0.3, 0.4) is 0 Å². The summed E-state index contributed by atoms with van der Waals surface area (Å²) in [4.78, 5) is 30.0. The van der Waals surface area contributed by atoms with Crippen LogP contribution in [0.4, 0.5) is 0 Å². The Morgan fingerprint density at radius 2 is 2.26 bits per heavy atom. The zero-order valence-corrected chi connectivity index (χ0v) is 11.3. The number of aryl methyl sites for hydroxylation is 1. The van der Waals surface area contributed by atoms with Crippen molar-refractivity contribution in [3.05, 3.63) is 29.6 Å². The van der Waals surface area contributed by atoms with Gasteiger partial charge in [-0.15, -0.1) is 0 Å². The van der Waals surface area contributed by atoms with Gasteiger partial charge in [0.1, 0.15) is 11.7 Å². The van der Waals surface area contributed by atoms with Gasteiger partial charge in [-0.1, -0.05) is 6.07 Å². The highest BCUT2D eigenvalue weighted by molar-refractivity contribution is 5.95. The van der Waals surface area contributed by atoms with Gasteiger partial charge in [0.05, 0.1) is 6.61 Å². The van der Waals surface area contributed by atoms with Crippen molar-refractivity contribution in [2.45, 2.75) is 32.7 Å². The summed E-state index contributed by atoms with van der Waals surface area (Å²) in [6.07, 6.45) is 1.48. The Hall–Kier alpha value is -1.91. The molecule has 1 atom stereocenters. The van der Waals surface area contributed by atoms with E-state index in [1.165, 1.54) is 0 Å². The lowest BCUT2D eigenvalue weighted by molar-refractivity contribution is -0.147. The third-order valence-electron chi connectivity index (χ3n) is 3.18. The molecular formula is C14H18N2O3. The Morgan fingerprint density at radius 3 is 2.95 bits per heavy atom. The highest BCUT2D eigenvalue weighted by Gasteiger charge is 2.35. The molecule has 5 nitrogen and oxygen atoms in total. The first-order valence-corrected chi connectivity index (χ1v) is 6.54. The minimum absolute atomic E-state index is 0.195. The van der Waals surface area contributed by atoms with Crippen LogP contribution in [0.5, 0.6) is 0 Å². The van der Waals surface area contributed by atoms with Crippen LogP contribution in [0.25, 0.3) is 0 Å². The van der Waals surface area contributed by atoms with Gasteiger partial charge >= 0.3 is 5.97 Å². The lowest BCUT2D eigenvalue weighted by atomic mass is 10.2. The molecule has 1 saturated heterocycles. The van der Waals surface area contributed by atoms with Crippen molar-refractivity contribution in [3.63, 3.8) is 0 Å². The molecule has 0 N–H and O–H groups in total. The van der Waals surface area contributed by atoms with Gasteiger partial charge in [-0.05, 0) is 38.8 Å². The SMILES string of the molecule is CCOC(=O)C1CCCN1C(=O)c1cccc(C)n1. The first kappa shape index (κ1) is 13.5. The molecule has 1 aliphatic rings. The van der Waals surface area contributed by atoms with Crippen LogP contribution in [0.2, 0.25) is 0 Å². The largest absolute Gasteiger partial charge is 0.464 e. The molecule has 1 unspecified atom stereocenters. The second-order valence-electron chi connectivity index (χ2n) is 4.57. The van der Waals surface area contributed by atoms with Crippen molar-refractivity contribution in [2.24, 2.45) is 0 Å². The molecule has 1 aromatic rings. The van der Waals surface area contributed by atoms with Crippen molar-refractivity contribution >= 4 is 11.9 Å². The van der Waals surface area contributed by atoms with E-state index in [2.05, 4.69) is 4.98 Å². The lowest BCUT2D eigenvalue weighted by Gasteiger charge is -2.22. The molecule has 2 heterocycles. The summed E-state index contributed by atoms with van der Waals surface area (Å²) < 4.78 is 5.01. The maximum atomic E-state index is 12.4. The monoisotopic (exact) mass is 262 g/mol. The van der Waals surface area contributed by atoms with Crippen molar-refractivity contribution in [1.29, 1.82) is 0 Å². The van der Waals surface area contributed by atoms with Gasteiger partial charge in [-0.2, -0.15) is 0 Å². The fraction of sp³-hybridized carbons (Fsp3) is 0.500. The molecule has 1 aromatic heterocycles. The van der Waals surface area contributed by atoms with Gasteiger partial charge in [0, 0.05) is 12.2 Å². The van der Waals surface area contributed by atoms with Gasteiger partial charge < -0.3 is 9.64 Å². The number of hydrogen-bond donors (Lipinski definition) is 0. The molecule has 5 heteroatoms. The molecule has 19 heavy (non-hydrogen) atoms. The van der Waals surface area contributed by atoms with E-state index in [1.807, 2.05) is 13.0 Å². The van der Waals surface area contributed by atoms with Crippen molar-refractivity contribution in [1.82, 2.24) is 9.88 Å². The molecule has 1 aliphatic heterocycles. The van der Waals surface area contributed by atoms with Crippen molar-refractivity contribution in [3.8, 4) is 0 Å². The normalized spacial score (nSPS) is 18.4. The minimum atomic E-state index is -0.463. The highest BCUT2D eigenvalue weighted by Crippen LogP contribution is 2.20. The summed E-state index contributed by atoms with van der Waals surface area (Å²) in [6.45, 7) is 4.52. The second-order valence-corrected chi connectivity index (χ2v) is 4.57. The summed E-state index contributed by atoms with van der Waals surface area (Å²) in [5.41, 5.74) is 1.17. The van der Waals surface area contributed by atoms with Crippen molar-refractivity contribution < 1.29 is 14.3 Å². The first-order chi connectivity index (χ1) is 9.13. The van der Waals surface area contributed by atoms with Gasteiger partial charge in [-0.25, -0.2) is 9.78 Å². The maximum Gasteiger partial charge on any atom is 0.328 e. The molecule has 0 spiro atoms. The Bertz CT molecular complexity index is 487. The highest BCUT2D eigenvalue weighted by atomic mass is 16.5. The van der Waals surface area contributed by atoms with Crippen LogP contribution in [0, 0.1) is 6.92 Å². The molecule has 0 aliphatic carbocycles. The Morgan fingerprint density at radius 1 is 1.47 bits per heavy atom. The van der Waals surface area contributed by atoms with E-state index in [1.54, 1.807) is 24.0 Å². The number of carbonyl (C=O) groups is 2. The van der Waals surface area contributed by atoms with E-state index in [4.69, 9.17) is 4.74 Å². The quantitative estimate of drug-likeness (QED) is 0.776. The average Bonchev–Trinajstić information content (AvgIpc) is 2.87. The zero-order chi connectivity index (χ0) is 13.8. The van der Waals surface area contributed by atoms with E-state index >= 15 is 0 Å². The van der Waals surface area contributed by atoms with Crippen LogP contribution in [0.15, 0.2) is 18.2 Å². The first-order valence-electron chi connectivity index (χ1n) is 6.54. The standard InChI is InChI=1S/C14H18N2O3/c1-3-19-14(18)12-8-5-9-16(12)13(17)11-7-4-6-10(2)15-11/h4,6-7,12H,3,5,8-9H2,1-2H3. The number of hydrogen-bond acceptors (Lipinski definition) is 4. The Balaban J connectivity index is 2.16. The van der Waals surface area contributed by atoms with E-state index in [9.17, 15) is 9.59 Å². The number of likely N-dealkylation sites (tertiary alicyclic amines) is 1. The molecule has 1 amide bonds. The van der Waals surface area contributed by atoms with Gasteiger partial charge in [0.15, 0.2) is 0 Å². The predicted octanol–water partition coefficient (Wildman–Crippen LogP) is 1.56. The number of ether oxygens (including phenoxy) is 1. The minimum Gasteiger partial charge on any atom is -0.464 e. The second kappa shape index (κ2) is 5.82. The summed E-state index contributed by atoms with van der Waals surface area (Å²) in [5.74, 6) is -0.514. The summed E-state index contributed by atoms with van der Waals surface area (Å²) in [6, 6.07) is 4.85. The number of carbonyl (C=O) groups excluding carboxylic acids is 2. The lowest BCUT2D eigenvalue weighted by Crippen LogP contribution is -2.41. The van der Waals surface area contributed by atoms with Crippen LogP contribution in [-0.4, -0.2) is 41.0 Å². The smallest absolute Gasteiger partial charge is 0.328 e. The molecule has 2 rings (SSSR count). The number of esters is 1. The predicted molar refractivity (Wildman–Crippen MR) is 69.7 cm³/mol. The number of pyridine rings is 1. The average molecular weight is 262 g/mol. The van der Waals surface area contributed by atoms with E-state index in [-0.39, 0.29) is 11.9 Å². The number of rotatable bonds is 3. The number of amides is 1. The van der Waals surface area contributed by atoms with Gasteiger partial charge in [-0.3, -0.25) is 4.79 Å². The fourth-order valence-electron chi connectivity index (χ4n) is 2.30. The van der Waals surface area contributed by atoms with Crippen LogP contribution in [0.1, 0.15) is 35.9 Å². The molecule has 102 valence electrons. The molecule has 1 fully saturated rings. The van der Waals surface area contributed by atoms with Crippen LogP contribution in [-0.2, 0) is 9.53 Å². The summed E-state index contributed by atoms with van der Waals surface area (Å²) in [5, 5.41) is 0. The van der Waals surface area contributed by atoms with Gasteiger partial charge in [0.25, 0.3) is 5.91 Å². The molecular weight excluding hydrogens is 244 g/mol. The topological polar surface area (TPSA) is 59.5 Å². The van der Waals surface area contributed by atoms with Gasteiger partial charge in [0.2, 0.25) is 0 Å². The summed E-state index contributed by atoms with van der Waals surface area (Å²) >= 11 is 0. The Labute approximate surface area is 112 Å². The molecule has 0 saturated carbocycles. The van der Waals surface area contributed by atoms with Crippen LogP contribution >= 0.6 is 0 Å². The van der Waals surface area contributed by atoms with E-state index in [0.29, 0.717) is 25.3 Å². The molecule has 0 radical (unpaired) electrons.